The minimum absolute atomic E-state index is 0.201. The van der Waals surface area contributed by atoms with Crippen molar-refractivity contribution in [1.82, 2.24) is 0 Å². The quantitative estimate of drug-likeness (QED) is 0.202. The van der Waals surface area contributed by atoms with Crippen LogP contribution in [0.15, 0.2) is 92.8 Å². The van der Waals surface area contributed by atoms with Crippen LogP contribution in [-0.4, -0.2) is 74.2 Å². The second-order valence-corrected chi connectivity index (χ2v) is 15.1. The van der Waals surface area contributed by atoms with Crippen molar-refractivity contribution in [3.63, 3.8) is 0 Å². The average Bonchev–Trinajstić information content (AvgIpc) is 3.94. The predicted molar refractivity (Wildman–Crippen MR) is 211 cm³/mol. The number of hydrogen-bond acceptors (Lipinski definition) is 8. The Hall–Kier alpha value is -5.24. The largest absolute Gasteiger partial charge is 0.475 e. The van der Waals surface area contributed by atoms with Gasteiger partial charge in [-0.3, -0.25) is 0 Å². The van der Waals surface area contributed by atoms with Crippen molar-refractivity contribution in [2.24, 2.45) is 20.0 Å². The number of rotatable bonds is 6. The molecular formula is C44H48N4O4. The molecule has 8 rings (SSSR count). The summed E-state index contributed by atoms with van der Waals surface area (Å²) in [5.41, 5.74) is 13.1. The van der Waals surface area contributed by atoms with E-state index in [0.717, 1.165) is 69.4 Å². The summed E-state index contributed by atoms with van der Waals surface area (Å²) in [6, 6.07) is 25.1. The lowest BCUT2D eigenvalue weighted by Gasteiger charge is -2.18. The Balaban J connectivity index is 0.000000164. The van der Waals surface area contributed by atoms with Crippen molar-refractivity contribution < 1.29 is 18.9 Å². The Morgan fingerprint density at radius 3 is 0.981 bits per heavy atom. The number of aryl methyl sites for hydroxylation is 4. The first-order valence-electron chi connectivity index (χ1n) is 18.1. The maximum Gasteiger partial charge on any atom is 0.217 e. The topological polar surface area (TPSA) is 86.4 Å². The minimum Gasteiger partial charge on any atom is -0.475 e. The summed E-state index contributed by atoms with van der Waals surface area (Å²) in [4.78, 5) is 18.7. The molecule has 8 heteroatoms. The van der Waals surface area contributed by atoms with Gasteiger partial charge in [0, 0.05) is 22.3 Å². The molecule has 0 atom stereocenters. The summed E-state index contributed by atoms with van der Waals surface area (Å²) in [6.07, 6.45) is 0. The summed E-state index contributed by atoms with van der Waals surface area (Å²) in [7, 11) is 0. The second kappa shape index (κ2) is 14.1. The zero-order valence-corrected chi connectivity index (χ0v) is 31.6. The van der Waals surface area contributed by atoms with Gasteiger partial charge in [0.2, 0.25) is 23.6 Å². The minimum atomic E-state index is -0.201. The van der Waals surface area contributed by atoms with Crippen molar-refractivity contribution in [3.8, 4) is 22.3 Å². The highest BCUT2D eigenvalue weighted by atomic mass is 16.5. The lowest BCUT2D eigenvalue weighted by molar-refractivity contribution is 0.279. The van der Waals surface area contributed by atoms with Gasteiger partial charge >= 0.3 is 0 Å². The lowest BCUT2D eigenvalue weighted by Crippen LogP contribution is -2.17. The fourth-order valence-corrected chi connectivity index (χ4v) is 7.15. The first kappa shape index (κ1) is 35.2. The molecule has 0 bridgehead atoms. The van der Waals surface area contributed by atoms with Crippen LogP contribution in [0.25, 0.3) is 22.3 Å². The van der Waals surface area contributed by atoms with Crippen molar-refractivity contribution in [3.05, 3.63) is 117 Å². The van der Waals surface area contributed by atoms with Crippen LogP contribution >= 0.6 is 0 Å². The van der Waals surface area contributed by atoms with Crippen molar-refractivity contribution in [2.75, 3.05) is 39.5 Å². The molecule has 52 heavy (non-hydrogen) atoms. The molecule has 4 aliphatic heterocycles. The third kappa shape index (κ3) is 6.99. The van der Waals surface area contributed by atoms with Gasteiger partial charge in [0.25, 0.3) is 0 Å². The van der Waals surface area contributed by atoms with Gasteiger partial charge in [0.15, 0.2) is 0 Å². The molecule has 0 saturated heterocycles. The summed E-state index contributed by atoms with van der Waals surface area (Å²) in [6.45, 7) is 20.8. The fourth-order valence-electron chi connectivity index (χ4n) is 7.15. The first-order chi connectivity index (χ1) is 24.9. The standard InChI is InChI=1S/C24H28N2O2.C20H20N2O2/c1-15-9-7-11-17(21-25-23(3,4)13-27-21)19(15)20-16(2)10-8-12-18(20)22-26-24(5,6)14-28-22;1-13-5-3-7-15(19-21-9-11-23-19)17(13)18-14(2)6-4-8-16(18)20-22-10-12-24-20/h7-12H,13-14H2,1-6H3;3-8H,9-12H2,1-2H3. The van der Waals surface area contributed by atoms with Crippen LogP contribution < -0.4 is 0 Å². The van der Waals surface area contributed by atoms with Crippen LogP contribution in [0.2, 0.25) is 0 Å². The van der Waals surface area contributed by atoms with E-state index in [0.29, 0.717) is 38.2 Å². The number of nitrogens with zero attached hydrogens (tertiary/aromatic N) is 4. The number of benzene rings is 4. The van der Waals surface area contributed by atoms with E-state index in [1.807, 2.05) is 0 Å². The molecule has 0 amide bonds. The highest BCUT2D eigenvalue weighted by Gasteiger charge is 2.32. The van der Waals surface area contributed by atoms with Gasteiger partial charge < -0.3 is 18.9 Å². The van der Waals surface area contributed by atoms with Gasteiger partial charge in [-0.05, 0) is 124 Å². The van der Waals surface area contributed by atoms with Crippen molar-refractivity contribution in [2.45, 2.75) is 66.5 Å². The van der Waals surface area contributed by atoms with E-state index < -0.39 is 0 Å². The molecule has 0 spiro atoms. The molecule has 0 fully saturated rings. The van der Waals surface area contributed by atoms with E-state index in [1.165, 1.54) is 22.3 Å². The fraction of sp³-hybridized carbons (Fsp3) is 0.364. The smallest absolute Gasteiger partial charge is 0.217 e. The van der Waals surface area contributed by atoms with E-state index in [1.54, 1.807) is 0 Å². The molecule has 268 valence electrons. The van der Waals surface area contributed by atoms with Crippen LogP contribution in [0, 0.1) is 27.7 Å². The van der Waals surface area contributed by atoms with Gasteiger partial charge in [-0.1, -0.05) is 48.5 Å². The maximum absolute atomic E-state index is 6.00. The van der Waals surface area contributed by atoms with Crippen LogP contribution in [0.1, 0.15) is 72.2 Å². The first-order valence-corrected chi connectivity index (χ1v) is 18.1. The van der Waals surface area contributed by atoms with E-state index >= 15 is 0 Å². The molecule has 4 aromatic carbocycles. The molecule has 0 N–H and O–H groups in total. The molecule has 0 radical (unpaired) electrons. The Morgan fingerprint density at radius 2 is 0.731 bits per heavy atom. The van der Waals surface area contributed by atoms with Crippen LogP contribution in [0.4, 0.5) is 0 Å². The highest BCUT2D eigenvalue weighted by molar-refractivity contribution is 6.09. The van der Waals surface area contributed by atoms with Gasteiger partial charge in [0.05, 0.1) is 24.2 Å². The zero-order valence-electron chi connectivity index (χ0n) is 31.6. The third-order valence-electron chi connectivity index (χ3n) is 9.62. The van der Waals surface area contributed by atoms with Crippen molar-refractivity contribution in [1.29, 1.82) is 0 Å². The SMILES string of the molecule is Cc1cccc(C2=NC(C)(C)CO2)c1-c1c(C)cccc1C1=NC(C)(C)CO1.Cc1cccc(C2=NCCO2)c1-c1c(C)cccc1C1=NCCO1. The van der Waals surface area contributed by atoms with E-state index in [-0.39, 0.29) is 11.1 Å². The third-order valence-corrected chi connectivity index (χ3v) is 9.62. The average molecular weight is 697 g/mol. The molecule has 0 aliphatic carbocycles. The molecular weight excluding hydrogens is 649 g/mol. The summed E-state index contributed by atoms with van der Waals surface area (Å²) in [5.74, 6) is 2.90. The monoisotopic (exact) mass is 696 g/mol. The summed E-state index contributed by atoms with van der Waals surface area (Å²) >= 11 is 0. The second-order valence-electron chi connectivity index (χ2n) is 15.1. The number of aliphatic imine (C=N–C) groups is 4. The lowest BCUT2D eigenvalue weighted by atomic mass is 9.88. The maximum atomic E-state index is 6.00. The van der Waals surface area contributed by atoms with E-state index in [2.05, 4.69) is 138 Å². The van der Waals surface area contributed by atoms with E-state index in [9.17, 15) is 0 Å². The Morgan fingerprint density at radius 1 is 0.423 bits per heavy atom. The summed E-state index contributed by atoms with van der Waals surface area (Å²) < 4.78 is 23.5. The molecule has 4 heterocycles. The number of hydrogen-bond donors (Lipinski definition) is 0. The van der Waals surface area contributed by atoms with Crippen molar-refractivity contribution >= 4 is 23.6 Å². The molecule has 0 aromatic heterocycles. The predicted octanol–water partition coefficient (Wildman–Crippen LogP) is 8.61. The molecule has 0 unspecified atom stereocenters. The zero-order chi connectivity index (χ0) is 36.6. The van der Waals surface area contributed by atoms with Gasteiger partial charge in [-0.2, -0.15) is 0 Å². The Kier molecular flexibility index (Phi) is 9.51. The molecule has 0 saturated carbocycles. The van der Waals surface area contributed by atoms with Crippen LogP contribution in [0.3, 0.4) is 0 Å². The summed E-state index contributed by atoms with van der Waals surface area (Å²) in [5, 5.41) is 0. The van der Waals surface area contributed by atoms with Gasteiger partial charge in [0.1, 0.15) is 26.4 Å². The molecule has 4 aliphatic rings. The van der Waals surface area contributed by atoms with Gasteiger partial charge in [-0.15, -0.1) is 0 Å². The van der Waals surface area contributed by atoms with Crippen LogP contribution in [0.5, 0.6) is 0 Å². The van der Waals surface area contributed by atoms with E-state index in [4.69, 9.17) is 28.9 Å². The van der Waals surface area contributed by atoms with Gasteiger partial charge in [-0.25, -0.2) is 20.0 Å². The number of ether oxygens (including phenoxy) is 4. The highest BCUT2D eigenvalue weighted by Crippen LogP contribution is 2.38. The Labute approximate surface area is 307 Å². The molecule has 4 aromatic rings. The normalized spacial score (nSPS) is 18.2. The molecule has 8 nitrogen and oxygen atoms in total. The van der Waals surface area contributed by atoms with Crippen LogP contribution in [-0.2, 0) is 18.9 Å². The Bertz CT molecular complexity index is 2000.